The van der Waals surface area contributed by atoms with E-state index in [-0.39, 0.29) is 0 Å². The van der Waals surface area contributed by atoms with E-state index in [0.717, 1.165) is 12.8 Å². The number of rotatable bonds is 1. The Kier molecular flexibility index (Phi) is 3.28. The van der Waals surface area contributed by atoms with Crippen LogP contribution in [0, 0.1) is 6.92 Å². The second-order valence-electron chi connectivity index (χ2n) is 8.90. The lowest BCUT2D eigenvalue weighted by atomic mass is 9.88. The number of para-hydroxylation sites is 1. The molecule has 0 unspecified atom stereocenters. The number of fused-ring (bicyclic) bond motifs is 8. The van der Waals surface area contributed by atoms with E-state index in [1.807, 2.05) is 0 Å². The quantitative estimate of drug-likeness (QED) is 0.289. The third kappa shape index (κ3) is 2.14. The number of nitrogens with zero attached hydrogens (tertiary/aromatic N) is 2. The Morgan fingerprint density at radius 2 is 1.61 bits per heavy atom. The molecule has 0 bridgehead atoms. The summed E-state index contributed by atoms with van der Waals surface area (Å²) in [5, 5.41) is 4.10. The molecular weight excluding hydrogens is 376 g/mol. The van der Waals surface area contributed by atoms with Crippen LogP contribution in [0.4, 0.5) is 0 Å². The molecule has 0 saturated heterocycles. The van der Waals surface area contributed by atoms with Gasteiger partial charge in [0.15, 0.2) is 6.20 Å². The summed E-state index contributed by atoms with van der Waals surface area (Å²) in [4.78, 5) is 0. The van der Waals surface area contributed by atoms with Gasteiger partial charge in [-0.3, -0.25) is 0 Å². The van der Waals surface area contributed by atoms with Crippen molar-refractivity contribution in [3.8, 4) is 22.4 Å². The van der Waals surface area contributed by atoms with Gasteiger partial charge < -0.3 is 4.40 Å². The fourth-order valence-corrected chi connectivity index (χ4v) is 5.82. The number of pyridine rings is 1. The number of benzene rings is 3. The Hall–Kier alpha value is -3.65. The molecule has 31 heavy (non-hydrogen) atoms. The summed E-state index contributed by atoms with van der Waals surface area (Å²) in [5.41, 5.74) is 12.4. The van der Waals surface area contributed by atoms with Crippen LogP contribution in [0.3, 0.4) is 0 Å². The van der Waals surface area contributed by atoms with Crippen molar-refractivity contribution in [1.29, 1.82) is 0 Å². The SMILES string of the molecule is Cc1cc2c(cc1-c1cccc[n+]1C)c1cccc3c4c(n2c31)CCc1ccccc1-4. The molecule has 3 aromatic heterocycles. The lowest BCUT2D eigenvalue weighted by molar-refractivity contribution is -0.660. The van der Waals surface area contributed by atoms with Crippen LogP contribution in [0.5, 0.6) is 0 Å². The van der Waals surface area contributed by atoms with Crippen LogP contribution in [0.15, 0.2) is 79.0 Å². The minimum atomic E-state index is 1.09. The highest BCUT2D eigenvalue weighted by Crippen LogP contribution is 2.46. The van der Waals surface area contributed by atoms with Gasteiger partial charge in [-0.2, -0.15) is 0 Å². The summed E-state index contributed by atoms with van der Waals surface area (Å²) in [7, 11) is 2.13. The monoisotopic (exact) mass is 399 g/mol. The van der Waals surface area contributed by atoms with E-state index in [2.05, 4.69) is 102 Å². The summed E-state index contributed by atoms with van der Waals surface area (Å²) in [6, 6.07) is 27.0. The molecule has 0 atom stereocenters. The van der Waals surface area contributed by atoms with Gasteiger partial charge in [-0.15, -0.1) is 0 Å². The van der Waals surface area contributed by atoms with Crippen LogP contribution in [0.25, 0.3) is 49.6 Å². The van der Waals surface area contributed by atoms with E-state index < -0.39 is 0 Å². The van der Waals surface area contributed by atoms with Crippen molar-refractivity contribution in [2.75, 3.05) is 0 Å². The van der Waals surface area contributed by atoms with Crippen molar-refractivity contribution >= 4 is 27.2 Å². The first-order valence-corrected chi connectivity index (χ1v) is 11.1. The number of aromatic nitrogens is 2. The van der Waals surface area contributed by atoms with Crippen molar-refractivity contribution < 1.29 is 4.57 Å². The lowest BCUT2D eigenvalue weighted by Gasteiger charge is -2.18. The molecule has 7 rings (SSSR count). The second kappa shape index (κ2) is 5.95. The maximum atomic E-state index is 2.56. The molecule has 6 aromatic rings. The number of aryl methyl sites for hydroxylation is 4. The summed E-state index contributed by atoms with van der Waals surface area (Å²) in [6.45, 7) is 2.24. The standard InChI is InChI=1S/C29H23N2/c1-18-16-27-24(17-23(18)25-12-5-6-15-30(25)2)21-10-7-11-22-28-20-9-4-3-8-19(20)13-14-26(28)31(27)29(21)22/h3-12,15-17H,13-14H2,1-2H3/q+1. The third-order valence-electron chi connectivity index (χ3n) is 7.21. The normalized spacial score (nSPS) is 13.2. The van der Waals surface area contributed by atoms with Crippen LogP contribution < -0.4 is 4.57 Å². The first kappa shape index (κ1) is 17.1. The molecule has 2 nitrogen and oxygen atoms in total. The Labute approximate surface area is 181 Å². The molecule has 1 aliphatic carbocycles. The molecule has 0 N–H and O–H groups in total. The second-order valence-corrected chi connectivity index (χ2v) is 8.90. The van der Waals surface area contributed by atoms with Crippen LogP contribution >= 0.6 is 0 Å². The van der Waals surface area contributed by atoms with Gasteiger partial charge in [-0.1, -0.05) is 42.5 Å². The van der Waals surface area contributed by atoms with Gasteiger partial charge in [0, 0.05) is 45.1 Å². The first-order valence-electron chi connectivity index (χ1n) is 11.1. The molecule has 0 amide bonds. The Bertz CT molecular complexity index is 1650. The van der Waals surface area contributed by atoms with Crippen LogP contribution in [0.2, 0.25) is 0 Å². The zero-order valence-electron chi connectivity index (χ0n) is 17.8. The molecule has 0 aliphatic heterocycles. The Balaban J connectivity index is 1.63. The minimum Gasteiger partial charge on any atom is -0.312 e. The van der Waals surface area contributed by atoms with Gasteiger partial charge in [-0.25, -0.2) is 4.57 Å². The summed E-state index contributed by atoms with van der Waals surface area (Å²) in [6.07, 6.45) is 4.33. The maximum absolute atomic E-state index is 2.56. The molecule has 3 heterocycles. The summed E-state index contributed by atoms with van der Waals surface area (Å²) >= 11 is 0. The molecule has 3 aromatic carbocycles. The summed E-state index contributed by atoms with van der Waals surface area (Å²) in [5.74, 6) is 0. The highest BCUT2D eigenvalue weighted by molar-refractivity contribution is 6.19. The largest absolute Gasteiger partial charge is 0.312 e. The van der Waals surface area contributed by atoms with Gasteiger partial charge in [0.05, 0.1) is 11.0 Å². The van der Waals surface area contributed by atoms with Crippen LogP contribution in [-0.4, -0.2) is 4.40 Å². The van der Waals surface area contributed by atoms with E-state index in [0.29, 0.717) is 0 Å². The Morgan fingerprint density at radius 1 is 0.774 bits per heavy atom. The molecule has 1 aliphatic rings. The van der Waals surface area contributed by atoms with Crippen molar-refractivity contribution in [3.63, 3.8) is 0 Å². The van der Waals surface area contributed by atoms with Gasteiger partial charge in [0.1, 0.15) is 7.05 Å². The average molecular weight is 400 g/mol. The van der Waals surface area contributed by atoms with Crippen molar-refractivity contribution in [3.05, 3.63) is 95.8 Å². The molecule has 0 fully saturated rings. The van der Waals surface area contributed by atoms with Crippen LogP contribution in [0.1, 0.15) is 16.8 Å². The summed E-state index contributed by atoms with van der Waals surface area (Å²) < 4.78 is 4.77. The minimum absolute atomic E-state index is 1.09. The predicted octanol–water partition coefficient (Wildman–Crippen LogP) is 6.25. The molecule has 0 spiro atoms. The molecule has 0 saturated carbocycles. The van der Waals surface area contributed by atoms with Crippen molar-refractivity contribution in [2.45, 2.75) is 19.8 Å². The topological polar surface area (TPSA) is 8.29 Å². The number of hydrogen-bond acceptors (Lipinski definition) is 0. The van der Waals surface area contributed by atoms with Gasteiger partial charge in [0.25, 0.3) is 0 Å². The average Bonchev–Trinajstić information content (AvgIpc) is 3.30. The van der Waals surface area contributed by atoms with Crippen molar-refractivity contribution in [1.82, 2.24) is 4.40 Å². The number of hydrogen-bond donors (Lipinski definition) is 0. The zero-order chi connectivity index (χ0) is 20.7. The van der Waals surface area contributed by atoms with E-state index in [1.54, 1.807) is 0 Å². The molecule has 2 heteroatoms. The van der Waals surface area contributed by atoms with Crippen molar-refractivity contribution in [2.24, 2.45) is 7.05 Å². The Morgan fingerprint density at radius 3 is 2.52 bits per heavy atom. The first-order chi connectivity index (χ1) is 15.2. The maximum Gasteiger partial charge on any atom is 0.212 e. The van der Waals surface area contributed by atoms with E-state index in [1.165, 1.54) is 66.4 Å². The predicted molar refractivity (Wildman–Crippen MR) is 128 cm³/mol. The highest BCUT2D eigenvalue weighted by atomic mass is 14.9. The van der Waals surface area contributed by atoms with E-state index >= 15 is 0 Å². The molecule has 148 valence electrons. The molecule has 0 radical (unpaired) electrons. The van der Waals surface area contributed by atoms with Gasteiger partial charge >= 0.3 is 0 Å². The van der Waals surface area contributed by atoms with Gasteiger partial charge in [-0.05, 0) is 54.7 Å². The highest BCUT2D eigenvalue weighted by Gasteiger charge is 2.27. The lowest BCUT2D eigenvalue weighted by Crippen LogP contribution is -2.30. The van der Waals surface area contributed by atoms with E-state index in [9.17, 15) is 0 Å². The van der Waals surface area contributed by atoms with Gasteiger partial charge in [0.2, 0.25) is 5.69 Å². The third-order valence-corrected chi connectivity index (χ3v) is 7.21. The fraction of sp³-hybridized carbons (Fsp3) is 0.138. The zero-order valence-corrected chi connectivity index (χ0v) is 17.8. The smallest absolute Gasteiger partial charge is 0.212 e. The molecular formula is C29H23N2+. The van der Waals surface area contributed by atoms with Crippen LogP contribution in [-0.2, 0) is 19.9 Å². The van der Waals surface area contributed by atoms with E-state index in [4.69, 9.17) is 0 Å². The fourth-order valence-electron chi connectivity index (χ4n) is 5.82.